The summed E-state index contributed by atoms with van der Waals surface area (Å²) in [4.78, 5) is 11.1. The highest BCUT2D eigenvalue weighted by molar-refractivity contribution is 5.91. The first kappa shape index (κ1) is 13.4. The molecule has 17 heavy (non-hydrogen) atoms. The number of anilines is 1. The van der Waals surface area contributed by atoms with E-state index < -0.39 is 31.1 Å². The number of carbonyl (C=O) groups is 1. The Morgan fingerprint density at radius 1 is 1.29 bits per heavy atom. The summed E-state index contributed by atoms with van der Waals surface area (Å²) < 4.78 is 52.2. The van der Waals surface area contributed by atoms with Crippen molar-refractivity contribution < 1.29 is 27.1 Å². The van der Waals surface area contributed by atoms with Crippen molar-refractivity contribution in [3.63, 3.8) is 0 Å². The molecule has 0 aliphatic heterocycles. The molecule has 0 aliphatic carbocycles. The predicted molar refractivity (Wildman–Crippen MR) is 51.9 cm³/mol. The minimum Gasteiger partial charge on any atom is -0.362 e. The maximum absolute atomic E-state index is 13.0. The van der Waals surface area contributed by atoms with E-state index in [1.54, 1.807) is 0 Å². The third kappa shape index (κ3) is 5.30. The Morgan fingerprint density at radius 2 is 1.94 bits per heavy atom. The monoisotopic (exact) mass is 251 g/mol. The van der Waals surface area contributed by atoms with E-state index >= 15 is 0 Å². The highest BCUT2D eigenvalue weighted by Crippen LogP contribution is 2.15. The number of alkyl halides is 3. The Morgan fingerprint density at radius 3 is 2.53 bits per heavy atom. The van der Waals surface area contributed by atoms with Gasteiger partial charge < -0.3 is 10.1 Å². The van der Waals surface area contributed by atoms with Gasteiger partial charge in [0.05, 0.1) is 5.69 Å². The summed E-state index contributed by atoms with van der Waals surface area (Å²) in [6.07, 6.45) is -4.49. The van der Waals surface area contributed by atoms with Gasteiger partial charge >= 0.3 is 6.18 Å². The zero-order valence-corrected chi connectivity index (χ0v) is 8.55. The van der Waals surface area contributed by atoms with Crippen LogP contribution in [0.25, 0.3) is 0 Å². The van der Waals surface area contributed by atoms with E-state index in [0.29, 0.717) is 0 Å². The van der Waals surface area contributed by atoms with Gasteiger partial charge in [0.15, 0.2) is 0 Å². The van der Waals surface area contributed by atoms with Gasteiger partial charge in [0.1, 0.15) is 19.0 Å². The summed E-state index contributed by atoms with van der Waals surface area (Å²) in [5.41, 5.74) is -0.104. The molecular weight excluding hydrogens is 242 g/mol. The normalized spacial score (nSPS) is 11.3. The molecule has 0 aromatic heterocycles. The summed E-state index contributed by atoms with van der Waals surface area (Å²) in [5.74, 6) is -1.52. The molecule has 0 saturated carbocycles. The zero-order chi connectivity index (χ0) is 12.9. The lowest BCUT2D eigenvalue weighted by Crippen LogP contribution is -2.24. The van der Waals surface area contributed by atoms with Gasteiger partial charge in [0.25, 0.3) is 0 Å². The molecule has 0 unspecified atom stereocenters. The SMILES string of the molecule is O=C(COCC(F)(F)F)Nc1ccccc1F. The molecule has 0 bridgehead atoms. The number of nitrogens with one attached hydrogen (secondary N) is 1. The van der Waals surface area contributed by atoms with Gasteiger partial charge in [-0.25, -0.2) is 4.39 Å². The molecule has 3 nitrogen and oxygen atoms in total. The van der Waals surface area contributed by atoms with Gasteiger partial charge in [-0.3, -0.25) is 4.79 Å². The predicted octanol–water partition coefficient (Wildman–Crippen LogP) is 2.34. The van der Waals surface area contributed by atoms with E-state index in [9.17, 15) is 22.4 Å². The molecule has 7 heteroatoms. The average molecular weight is 251 g/mol. The fourth-order valence-electron chi connectivity index (χ4n) is 1.01. The molecule has 1 amide bonds. The second-order valence-electron chi connectivity index (χ2n) is 3.14. The van der Waals surface area contributed by atoms with Gasteiger partial charge in [0.2, 0.25) is 5.91 Å². The molecule has 0 saturated heterocycles. The Hall–Kier alpha value is -1.63. The minimum atomic E-state index is -4.49. The van der Waals surface area contributed by atoms with E-state index in [4.69, 9.17) is 0 Å². The molecule has 0 radical (unpaired) electrons. The second-order valence-corrected chi connectivity index (χ2v) is 3.14. The fraction of sp³-hybridized carbons (Fsp3) is 0.300. The van der Waals surface area contributed by atoms with Crippen molar-refractivity contribution in [1.29, 1.82) is 0 Å². The number of rotatable bonds is 4. The number of hydrogen-bond donors (Lipinski definition) is 1. The summed E-state index contributed by atoms with van der Waals surface area (Å²) in [6.45, 7) is -2.30. The Bertz CT molecular complexity index is 392. The van der Waals surface area contributed by atoms with Gasteiger partial charge in [-0.05, 0) is 12.1 Å². The van der Waals surface area contributed by atoms with Crippen LogP contribution < -0.4 is 5.32 Å². The highest BCUT2D eigenvalue weighted by Gasteiger charge is 2.27. The van der Waals surface area contributed by atoms with Crippen molar-refractivity contribution in [3.05, 3.63) is 30.1 Å². The molecule has 0 atom stereocenters. The molecule has 0 aliphatic rings. The smallest absolute Gasteiger partial charge is 0.362 e. The van der Waals surface area contributed by atoms with E-state index in [1.807, 2.05) is 0 Å². The minimum absolute atomic E-state index is 0.104. The highest BCUT2D eigenvalue weighted by atomic mass is 19.4. The van der Waals surface area contributed by atoms with Crippen LogP contribution in [0.3, 0.4) is 0 Å². The molecule has 1 aromatic carbocycles. The van der Waals surface area contributed by atoms with Gasteiger partial charge in [0, 0.05) is 0 Å². The molecule has 1 N–H and O–H groups in total. The van der Waals surface area contributed by atoms with Crippen LogP contribution in [0, 0.1) is 5.82 Å². The van der Waals surface area contributed by atoms with Gasteiger partial charge in [-0.1, -0.05) is 12.1 Å². The first-order chi connectivity index (χ1) is 7.88. The third-order valence-corrected chi connectivity index (χ3v) is 1.65. The van der Waals surface area contributed by atoms with E-state index in [2.05, 4.69) is 10.1 Å². The lowest BCUT2D eigenvalue weighted by atomic mass is 10.3. The van der Waals surface area contributed by atoms with Crippen molar-refractivity contribution in [2.24, 2.45) is 0 Å². The number of amides is 1. The summed E-state index contributed by atoms with van der Waals surface area (Å²) in [5, 5.41) is 2.09. The van der Waals surface area contributed by atoms with Gasteiger partial charge in [-0.2, -0.15) is 13.2 Å². The van der Waals surface area contributed by atoms with Crippen LogP contribution in [0.1, 0.15) is 0 Å². The van der Waals surface area contributed by atoms with E-state index in [-0.39, 0.29) is 5.69 Å². The number of benzene rings is 1. The summed E-state index contributed by atoms with van der Waals surface area (Å²) in [6, 6.07) is 5.31. The van der Waals surface area contributed by atoms with E-state index in [0.717, 1.165) is 6.07 Å². The topological polar surface area (TPSA) is 38.3 Å². The van der Waals surface area contributed by atoms with Crippen molar-refractivity contribution in [2.75, 3.05) is 18.5 Å². The zero-order valence-electron chi connectivity index (χ0n) is 8.55. The maximum Gasteiger partial charge on any atom is 0.411 e. The number of halogens is 4. The third-order valence-electron chi connectivity index (χ3n) is 1.65. The van der Waals surface area contributed by atoms with Gasteiger partial charge in [-0.15, -0.1) is 0 Å². The number of para-hydroxylation sites is 1. The van der Waals surface area contributed by atoms with Crippen molar-refractivity contribution in [3.8, 4) is 0 Å². The lowest BCUT2D eigenvalue weighted by molar-refractivity contribution is -0.174. The number of carbonyl (C=O) groups excluding carboxylic acids is 1. The number of hydrogen-bond acceptors (Lipinski definition) is 2. The second kappa shape index (κ2) is 5.62. The molecule has 0 fully saturated rings. The van der Waals surface area contributed by atoms with Crippen LogP contribution in [-0.4, -0.2) is 25.3 Å². The average Bonchev–Trinajstić information content (AvgIpc) is 2.19. The number of ether oxygens (including phenoxy) is 1. The molecular formula is C10H9F4NO2. The van der Waals surface area contributed by atoms with Crippen LogP contribution >= 0.6 is 0 Å². The Kier molecular flexibility index (Phi) is 4.45. The fourth-order valence-corrected chi connectivity index (χ4v) is 1.01. The van der Waals surface area contributed by atoms with Crippen LogP contribution in [0.5, 0.6) is 0 Å². The quantitative estimate of drug-likeness (QED) is 0.834. The van der Waals surface area contributed by atoms with Crippen LogP contribution in [0.4, 0.5) is 23.2 Å². The van der Waals surface area contributed by atoms with Crippen molar-refractivity contribution in [1.82, 2.24) is 0 Å². The molecule has 0 heterocycles. The largest absolute Gasteiger partial charge is 0.411 e. The Labute approximate surface area is 94.4 Å². The summed E-state index contributed by atoms with van der Waals surface area (Å²) in [7, 11) is 0. The molecule has 1 aromatic rings. The first-order valence-electron chi connectivity index (χ1n) is 4.57. The standard InChI is InChI=1S/C10H9F4NO2/c11-7-3-1-2-4-8(7)15-9(16)5-17-6-10(12,13)14/h1-4H,5-6H2,(H,15,16). The lowest BCUT2D eigenvalue weighted by Gasteiger charge is -2.08. The molecule has 0 spiro atoms. The van der Waals surface area contributed by atoms with Crippen molar-refractivity contribution in [2.45, 2.75) is 6.18 Å². The molecule has 94 valence electrons. The van der Waals surface area contributed by atoms with Crippen LogP contribution in [0.2, 0.25) is 0 Å². The Balaban J connectivity index is 2.38. The van der Waals surface area contributed by atoms with Crippen LogP contribution in [0.15, 0.2) is 24.3 Å². The molecule has 1 rings (SSSR count). The van der Waals surface area contributed by atoms with Crippen LogP contribution in [-0.2, 0) is 9.53 Å². The van der Waals surface area contributed by atoms with Crippen molar-refractivity contribution >= 4 is 11.6 Å². The first-order valence-corrected chi connectivity index (χ1v) is 4.57. The summed E-state index contributed by atoms with van der Waals surface area (Å²) >= 11 is 0. The maximum atomic E-state index is 13.0. The van der Waals surface area contributed by atoms with E-state index in [1.165, 1.54) is 18.2 Å².